The van der Waals surface area contributed by atoms with E-state index in [4.69, 9.17) is 4.84 Å². The van der Waals surface area contributed by atoms with Crippen LogP contribution >= 0.6 is 0 Å². The maximum Gasteiger partial charge on any atom is 0.355 e. The van der Waals surface area contributed by atoms with Gasteiger partial charge in [0.15, 0.2) is 5.82 Å². The van der Waals surface area contributed by atoms with Crippen molar-refractivity contribution in [3.05, 3.63) is 54.1 Å². The maximum absolute atomic E-state index is 12.5. The van der Waals surface area contributed by atoms with E-state index in [1.54, 1.807) is 42.9 Å². The summed E-state index contributed by atoms with van der Waals surface area (Å²) in [7, 11) is 1.63. The van der Waals surface area contributed by atoms with Crippen LogP contribution in [0.3, 0.4) is 0 Å². The quantitative estimate of drug-likeness (QED) is 0.621. The molecule has 1 atom stereocenters. The molecule has 4 rings (SSSR count). The molecule has 3 aromatic rings. The fourth-order valence-electron chi connectivity index (χ4n) is 2.75. The van der Waals surface area contributed by atoms with Crippen LogP contribution in [0.1, 0.15) is 27.6 Å². The molecule has 1 aliphatic rings. The number of carbonyl (C=O) groups excluding carboxylic acids is 3. The fraction of sp³-hybridized carbons (Fsp3) is 0.176. The van der Waals surface area contributed by atoms with Crippen molar-refractivity contribution < 1.29 is 19.2 Å². The van der Waals surface area contributed by atoms with Crippen molar-refractivity contribution in [3.63, 3.8) is 0 Å². The van der Waals surface area contributed by atoms with Crippen LogP contribution in [-0.2, 0) is 9.63 Å². The van der Waals surface area contributed by atoms with Gasteiger partial charge in [-0.1, -0.05) is 17.2 Å². The first-order chi connectivity index (χ1) is 13.0. The number of aromatic nitrogens is 4. The van der Waals surface area contributed by atoms with E-state index in [1.165, 1.54) is 23.4 Å². The number of anilines is 1. The lowest BCUT2D eigenvalue weighted by atomic mass is 10.1. The molecule has 3 heterocycles. The Hall–Kier alpha value is -3.82. The Morgan fingerprint density at radius 3 is 2.52 bits per heavy atom. The number of nitrogens with zero attached hydrogens (tertiary/aromatic N) is 6. The molecule has 10 nitrogen and oxygen atoms in total. The number of hydroxylamine groups is 2. The Balaban J connectivity index is 1.54. The van der Waals surface area contributed by atoms with Gasteiger partial charge in [-0.3, -0.25) is 14.0 Å². The minimum atomic E-state index is -0.843. The molecule has 10 heteroatoms. The molecule has 1 aromatic carbocycles. The number of amides is 2. The highest BCUT2D eigenvalue weighted by molar-refractivity contribution is 6.20. The second kappa shape index (κ2) is 6.16. The first kappa shape index (κ1) is 16.6. The zero-order valence-electron chi connectivity index (χ0n) is 14.4. The Bertz CT molecular complexity index is 1040. The van der Waals surface area contributed by atoms with Gasteiger partial charge in [-0.15, -0.1) is 10.2 Å². The van der Waals surface area contributed by atoms with E-state index in [0.29, 0.717) is 16.5 Å². The van der Waals surface area contributed by atoms with E-state index in [2.05, 4.69) is 15.2 Å². The lowest BCUT2D eigenvalue weighted by molar-refractivity contribution is -0.169. The average Bonchev–Trinajstić information content (AvgIpc) is 3.26. The molecule has 2 aromatic heterocycles. The van der Waals surface area contributed by atoms with Crippen LogP contribution < -0.4 is 4.90 Å². The normalized spacial score (nSPS) is 14.4. The molecule has 1 unspecified atom stereocenters. The Morgan fingerprint density at radius 1 is 1.19 bits per heavy atom. The Morgan fingerprint density at radius 2 is 1.85 bits per heavy atom. The summed E-state index contributed by atoms with van der Waals surface area (Å²) in [6, 6.07) is 5.45. The number of carbonyl (C=O) groups is 3. The van der Waals surface area contributed by atoms with Gasteiger partial charge in [-0.2, -0.15) is 0 Å². The van der Waals surface area contributed by atoms with E-state index in [9.17, 15) is 14.4 Å². The highest BCUT2D eigenvalue weighted by atomic mass is 16.7. The summed E-state index contributed by atoms with van der Waals surface area (Å²) in [5, 5.41) is 8.27. The second-order valence-electron chi connectivity index (χ2n) is 5.96. The highest BCUT2D eigenvalue weighted by Gasteiger charge is 2.39. The van der Waals surface area contributed by atoms with Gasteiger partial charge in [-0.25, -0.2) is 9.78 Å². The van der Waals surface area contributed by atoms with Crippen molar-refractivity contribution in [2.24, 2.45) is 0 Å². The standard InChI is InChI=1S/C17H14N6O4/c1-10(21(2)13-14-20-19-9-22(14)8-7-18-13)17(26)27-23-15(24)11-5-3-4-6-12(11)16(23)25/h3-10H,1-2H3. The number of hydrogen-bond acceptors (Lipinski definition) is 8. The van der Waals surface area contributed by atoms with Gasteiger partial charge in [0.05, 0.1) is 11.1 Å². The molecule has 0 bridgehead atoms. The largest absolute Gasteiger partial charge is 0.355 e. The molecule has 0 aliphatic carbocycles. The third-order valence-corrected chi connectivity index (χ3v) is 4.39. The average molecular weight is 366 g/mol. The van der Waals surface area contributed by atoms with Crippen LogP contribution in [-0.4, -0.2) is 55.5 Å². The third-order valence-electron chi connectivity index (χ3n) is 4.39. The third kappa shape index (κ3) is 2.58. The molecule has 0 fully saturated rings. The second-order valence-corrected chi connectivity index (χ2v) is 5.96. The lowest BCUT2D eigenvalue weighted by Crippen LogP contribution is -2.43. The minimum Gasteiger partial charge on any atom is -0.343 e. The summed E-state index contributed by atoms with van der Waals surface area (Å²) in [4.78, 5) is 48.1. The topological polar surface area (TPSA) is 110 Å². The zero-order chi connectivity index (χ0) is 19.1. The fourth-order valence-corrected chi connectivity index (χ4v) is 2.75. The number of rotatable bonds is 4. The van der Waals surface area contributed by atoms with Gasteiger partial charge in [0.25, 0.3) is 11.8 Å². The predicted molar refractivity (Wildman–Crippen MR) is 91.7 cm³/mol. The molecule has 0 saturated carbocycles. The number of likely N-dealkylation sites (N-methyl/N-ethyl adjacent to an activating group) is 1. The molecular formula is C17H14N6O4. The molecule has 0 saturated heterocycles. The first-order valence-corrected chi connectivity index (χ1v) is 8.06. The molecule has 0 spiro atoms. The first-order valence-electron chi connectivity index (χ1n) is 8.06. The Kier molecular flexibility index (Phi) is 3.80. The van der Waals surface area contributed by atoms with E-state index >= 15 is 0 Å². The monoisotopic (exact) mass is 366 g/mol. The van der Waals surface area contributed by atoms with Crippen LogP contribution in [0.4, 0.5) is 5.82 Å². The predicted octanol–water partition coefficient (Wildman–Crippen LogP) is 0.703. The smallest absolute Gasteiger partial charge is 0.343 e. The van der Waals surface area contributed by atoms with Crippen LogP contribution in [0, 0.1) is 0 Å². The molecule has 136 valence electrons. The summed E-state index contributed by atoms with van der Waals surface area (Å²) in [6.07, 6.45) is 4.73. The van der Waals surface area contributed by atoms with Crippen molar-refractivity contribution in [1.82, 2.24) is 24.6 Å². The molecule has 2 amide bonds. The van der Waals surface area contributed by atoms with Gasteiger partial charge in [0, 0.05) is 19.4 Å². The minimum absolute atomic E-state index is 0.200. The van der Waals surface area contributed by atoms with Gasteiger partial charge >= 0.3 is 5.97 Å². The van der Waals surface area contributed by atoms with Crippen LogP contribution in [0.25, 0.3) is 5.65 Å². The van der Waals surface area contributed by atoms with Crippen molar-refractivity contribution in [2.75, 3.05) is 11.9 Å². The maximum atomic E-state index is 12.5. The van der Waals surface area contributed by atoms with Crippen LogP contribution in [0.5, 0.6) is 0 Å². The van der Waals surface area contributed by atoms with Gasteiger partial charge in [0.2, 0.25) is 5.65 Å². The van der Waals surface area contributed by atoms with Crippen molar-refractivity contribution >= 4 is 29.2 Å². The summed E-state index contributed by atoms with van der Waals surface area (Å²) < 4.78 is 1.65. The summed E-state index contributed by atoms with van der Waals surface area (Å²) >= 11 is 0. The number of benzene rings is 1. The SMILES string of the molecule is CC(C(=O)ON1C(=O)c2ccccc2C1=O)N(C)c1nccn2cnnc12. The Labute approximate surface area is 152 Å². The number of fused-ring (bicyclic) bond motifs is 2. The van der Waals surface area contributed by atoms with Gasteiger partial charge in [-0.05, 0) is 19.1 Å². The summed E-state index contributed by atoms with van der Waals surface area (Å²) in [5.41, 5.74) is 0.859. The molecule has 0 N–H and O–H groups in total. The molecule has 27 heavy (non-hydrogen) atoms. The van der Waals surface area contributed by atoms with Crippen molar-refractivity contribution in [2.45, 2.75) is 13.0 Å². The van der Waals surface area contributed by atoms with E-state index in [1.807, 2.05) is 0 Å². The van der Waals surface area contributed by atoms with E-state index in [-0.39, 0.29) is 11.1 Å². The van der Waals surface area contributed by atoms with Crippen LogP contribution in [0.2, 0.25) is 0 Å². The van der Waals surface area contributed by atoms with Crippen molar-refractivity contribution in [3.8, 4) is 0 Å². The molecular weight excluding hydrogens is 352 g/mol. The van der Waals surface area contributed by atoms with Crippen molar-refractivity contribution in [1.29, 1.82) is 0 Å². The van der Waals surface area contributed by atoms with Crippen LogP contribution in [0.15, 0.2) is 43.0 Å². The lowest BCUT2D eigenvalue weighted by Gasteiger charge is -2.25. The highest BCUT2D eigenvalue weighted by Crippen LogP contribution is 2.24. The van der Waals surface area contributed by atoms with Gasteiger partial charge < -0.3 is 9.74 Å². The van der Waals surface area contributed by atoms with Gasteiger partial charge in [0.1, 0.15) is 12.4 Å². The zero-order valence-corrected chi connectivity index (χ0v) is 14.4. The number of imide groups is 1. The van der Waals surface area contributed by atoms with E-state index < -0.39 is 23.8 Å². The summed E-state index contributed by atoms with van der Waals surface area (Å²) in [6.45, 7) is 1.57. The summed E-state index contributed by atoms with van der Waals surface area (Å²) in [5.74, 6) is -1.72. The van der Waals surface area contributed by atoms with E-state index in [0.717, 1.165) is 0 Å². The molecule has 1 aliphatic heterocycles. The number of hydrogen-bond donors (Lipinski definition) is 0. The molecule has 0 radical (unpaired) electrons.